The minimum atomic E-state index is -0.0975. The Morgan fingerprint density at radius 2 is 2.05 bits per heavy atom. The van der Waals surface area contributed by atoms with Crippen LogP contribution >= 0.6 is 11.3 Å². The van der Waals surface area contributed by atoms with Gasteiger partial charge in [0.2, 0.25) is 0 Å². The van der Waals surface area contributed by atoms with Crippen LogP contribution in [-0.4, -0.2) is 22.2 Å². The molecule has 0 spiro atoms. The molecule has 0 saturated heterocycles. The van der Waals surface area contributed by atoms with Gasteiger partial charge in [-0.1, -0.05) is 12.1 Å². The van der Waals surface area contributed by atoms with Crippen molar-refractivity contribution in [1.82, 2.24) is 4.98 Å². The molecule has 2 aromatic rings. The van der Waals surface area contributed by atoms with E-state index in [0.29, 0.717) is 6.04 Å². The van der Waals surface area contributed by atoms with Gasteiger partial charge in [0.05, 0.1) is 6.10 Å². The van der Waals surface area contributed by atoms with E-state index in [1.54, 1.807) is 11.3 Å². The Morgan fingerprint density at radius 1 is 1.21 bits per heavy atom. The van der Waals surface area contributed by atoms with Crippen molar-refractivity contribution in [2.45, 2.75) is 37.8 Å². The zero-order valence-electron chi connectivity index (χ0n) is 10.7. The summed E-state index contributed by atoms with van der Waals surface area (Å²) in [6.07, 6.45) is 5.64. The molecule has 0 amide bonds. The normalized spacial score (nSPS) is 23.2. The highest BCUT2D eigenvalue weighted by Crippen LogP contribution is 2.27. The molecule has 0 unspecified atom stereocenters. The van der Waals surface area contributed by atoms with Gasteiger partial charge in [0.25, 0.3) is 0 Å². The highest BCUT2D eigenvalue weighted by Gasteiger charge is 2.19. The topological polar surface area (TPSA) is 45.1 Å². The molecule has 0 bridgehead atoms. The Morgan fingerprint density at radius 3 is 2.79 bits per heavy atom. The van der Waals surface area contributed by atoms with Crippen molar-refractivity contribution < 1.29 is 5.11 Å². The number of benzene rings is 1. The van der Waals surface area contributed by atoms with E-state index in [1.165, 1.54) is 0 Å². The van der Waals surface area contributed by atoms with Crippen molar-refractivity contribution in [1.29, 1.82) is 0 Å². The smallest absolute Gasteiger partial charge is 0.123 e. The van der Waals surface area contributed by atoms with Crippen LogP contribution in [0.15, 0.2) is 35.8 Å². The summed E-state index contributed by atoms with van der Waals surface area (Å²) in [5.41, 5.74) is 2.31. The van der Waals surface area contributed by atoms with Gasteiger partial charge in [-0.25, -0.2) is 4.98 Å². The Labute approximate surface area is 117 Å². The third-order valence-corrected chi connectivity index (χ3v) is 4.43. The fourth-order valence-corrected chi connectivity index (χ4v) is 3.20. The lowest BCUT2D eigenvalue weighted by atomic mass is 9.93. The highest BCUT2D eigenvalue weighted by molar-refractivity contribution is 7.13. The monoisotopic (exact) mass is 274 g/mol. The van der Waals surface area contributed by atoms with E-state index in [9.17, 15) is 5.11 Å². The molecule has 0 radical (unpaired) electrons. The number of nitrogens with zero attached hydrogens (tertiary/aromatic N) is 1. The van der Waals surface area contributed by atoms with E-state index in [-0.39, 0.29) is 6.10 Å². The van der Waals surface area contributed by atoms with Crippen LogP contribution in [0.5, 0.6) is 0 Å². The predicted molar refractivity (Wildman–Crippen MR) is 79.4 cm³/mol. The second-order valence-corrected chi connectivity index (χ2v) is 5.96. The van der Waals surface area contributed by atoms with E-state index >= 15 is 0 Å². The molecular weight excluding hydrogens is 256 g/mol. The lowest BCUT2D eigenvalue weighted by molar-refractivity contribution is 0.126. The number of hydrogen-bond donors (Lipinski definition) is 2. The van der Waals surface area contributed by atoms with E-state index in [0.717, 1.165) is 41.9 Å². The molecule has 100 valence electrons. The predicted octanol–water partition coefficient (Wildman–Crippen LogP) is 3.53. The van der Waals surface area contributed by atoms with Crippen molar-refractivity contribution in [3.63, 3.8) is 0 Å². The first-order valence-electron chi connectivity index (χ1n) is 6.76. The number of aromatic nitrogens is 1. The zero-order valence-corrected chi connectivity index (χ0v) is 11.6. The summed E-state index contributed by atoms with van der Waals surface area (Å²) >= 11 is 1.66. The number of rotatable bonds is 3. The summed E-state index contributed by atoms with van der Waals surface area (Å²) in [4.78, 5) is 4.34. The number of thiazole rings is 1. The average Bonchev–Trinajstić information content (AvgIpc) is 2.96. The Balaban J connectivity index is 1.70. The zero-order chi connectivity index (χ0) is 13.1. The number of aliphatic hydroxyl groups is 1. The van der Waals surface area contributed by atoms with Gasteiger partial charge in [-0.3, -0.25) is 0 Å². The molecule has 3 rings (SSSR count). The minimum Gasteiger partial charge on any atom is -0.393 e. The van der Waals surface area contributed by atoms with Gasteiger partial charge in [-0.05, 0) is 37.8 Å². The molecule has 1 saturated carbocycles. The summed E-state index contributed by atoms with van der Waals surface area (Å²) in [7, 11) is 0. The summed E-state index contributed by atoms with van der Waals surface area (Å²) in [5, 5.41) is 16.2. The summed E-state index contributed by atoms with van der Waals surface area (Å²) in [6.45, 7) is 0. The van der Waals surface area contributed by atoms with Gasteiger partial charge in [0, 0.05) is 28.9 Å². The Bertz CT molecular complexity index is 519. The largest absolute Gasteiger partial charge is 0.393 e. The molecule has 1 heterocycles. The second-order valence-electron chi connectivity index (χ2n) is 5.07. The van der Waals surface area contributed by atoms with Crippen LogP contribution < -0.4 is 5.32 Å². The average molecular weight is 274 g/mol. The van der Waals surface area contributed by atoms with Crippen LogP contribution in [0, 0.1) is 0 Å². The molecule has 2 N–H and O–H groups in total. The van der Waals surface area contributed by atoms with E-state index in [4.69, 9.17) is 0 Å². The van der Waals surface area contributed by atoms with Crippen molar-refractivity contribution >= 4 is 17.0 Å². The summed E-state index contributed by atoms with van der Waals surface area (Å²) < 4.78 is 0. The molecule has 1 aromatic carbocycles. The summed E-state index contributed by atoms with van der Waals surface area (Å²) in [6, 6.07) is 8.90. The third kappa shape index (κ3) is 3.14. The van der Waals surface area contributed by atoms with Crippen LogP contribution in [0.2, 0.25) is 0 Å². The first kappa shape index (κ1) is 12.6. The Hall–Kier alpha value is -1.39. The summed E-state index contributed by atoms with van der Waals surface area (Å²) in [5.74, 6) is 0. The number of aliphatic hydroxyl groups excluding tert-OH is 1. The molecule has 19 heavy (non-hydrogen) atoms. The maximum Gasteiger partial charge on any atom is 0.123 e. The molecular formula is C15H18N2OS. The van der Waals surface area contributed by atoms with E-state index in [1.807, 2.05) is 11.6 Å². The van der Waals surface area contributed by atoms with Crippen molar-refractivity contribution in [3.8, 4) is 10.6 Å². The molecule has 1 aliphatic carbocycles. The lowest BCUT2D eigenvalue weighted by Crippen LogP contribution is -2.28. The molecule has 1 aliphatic rings. The van der Waals surface area contributed by atoms with Gasteiger partial charge >= 0.3 is 0 Å². The van der Waals surface area contributed by atoms with Crippen LogP contribution in [0.25, 0.3) is 10.6 Å². The fourth-order valence-electron chi connectivity index (χ4n) is 2.56. The maximum atomic E-state index is 9.53. The lowest BCUT2D eigenvalue weighted by Gasteiger charge is -2.27. The number of anilines is 1. The first-order valence-corrected chi connectivity index (χ1v) is 7.64. The van der Waals surface area contributed by atoms with Crippen molar-refractivity contribution in [3.05, 3.63) is 35.8 Å². The van der Waals surface area contributed by atoms with E-state index < -0.39 is 0 Å². The number of nitrogens with one attached hydrogen (secondary N) is 1. The van der Waals surface area contributed by atoms with Gasteiger partial charge in [0.1, 0.15) is 5.01 Å². The van der Waals surface area contributed by atoms with E-state index in [2.05, 4.69) is 34.6 Å². The molecule has 0 aliphatic heterocycles. The van der Waals surface area contributed by atoms with Gasteiger partial charge in [-0.2, -0.15) is 0 Å². The molecule has 3 nitrogen and oxygen atoms in total. The Kier molecular flexibility index (Phi) is 3.80. The highest BCUT2D eigenvalue weighted by atomic mass is 32.1. The van der Waals surface area contributed by atoms with Crippen LogP contribution in [-0.2, 0) is 0 Å². The quantitative estimate of drug-likeness (QED) is 0.900. The van der Waals surface area contributed by atoms with Crippen LogP contribution in [0.3, 0.4) is 0 Å². The minimum absolute atomic E-state index is 0.0975. The second kappa shape index (κ2) is 5.72. The molecule has 0 atom stereocenters. The van der Waals surface area contributed by atoms with Gasteiger partial charge in [-0.15, -0.1) is 11.3 Å². The third-order valence-electron chi connectivity index (χ3n) is 3.61. The molecule has 1 aromatic heterocycles. The van der Waals surface area contributed by atoms with Gasteiger partial charge < -0.3 is 10.4 Å². The fraction of sp³-hybridized carbons (Fsp3) is 0.400. The standard InChI is InChI=1S/C15H18N2OS/c18-14-6-4-12(5-7-14)17-13-3-1-2-11(10-13)15-16-8-9-19-15/h1-3,8-10,12,14,17-18H,4-7H2. The van der Waals surface area contributed by atoms with Crippen LogP contribution in [0.1, 0.15) is 25.7 Å². The number of hydrogen-bond acceptors (Lipinski definition) is 4. The SMILES string of the molecule is OC1CCC(Nc2cccc(-c3nccs3)c2)CC1. The maximum absolute atomic E-state index is 9.53. The van der Waals surface area contributed by atoms with Gasteiger partial charge in [0.15, 0.2) is 0 Å². The van der Waals surface area contributed by atoms with Crippen LogP contribution in [0.4, 0.5) is 5.69 Å². The molecule has 4 heteroatoms. The van der Waals surface area contributed by atoms with Crippen molar-refractivity contribution in [2.75, 3.05) is 5.32 Å². The first-order chi connectivity index (χ1) is 9.31. The molecule has 1 fully saturated rings. The van der Waals surface area contributed by atoms with Crippen molar-refractivity contribution in [2.24, 2.45) is 0 Å².